The fourth-order valence-electron chi connectivity index (χ4n) is 3.37. The summed E-state index contributed by atoms with van der Waals surface area (Å²) in [7, 11) is 0. The van der Waals surface area contributed by atoms with Gasteiger partial charge in [-0.2, -0.15) is 0 Å². The quantitative estimate of drug-likeness (QED) is 0.708. The molecule has 0 spiro atoms. The molecule has 0 aliphatic carbocycles. The van der Waals surface area contributed by atoms with Gasteiger partial charge in [0.2, 0.25) is 0 Å². The predicted octanol–water partition coefficient (Wildman–Crippen LogP) is 4.15. The number of H-pyrrole nitrogens is 1. The summed E-state index contributed by atoms with van der Waals surface area (Å²) < 4.78 is 46.8. The number of nitrogens with zero attached hydrogens (tertiary/aromatic N) is 2. The summed E-state index contributed by atoms with van der Waals surface area (Å²) in [5, 5.41) is 0. The molecule has 1 aliphatic rings. The van der Waals surface area contributed by atoms with Crippen LogP contribution in [0, 0.1) is 0 Å². The van der Waals surface area contributed by atoms with E-state index in [0.29, 0.717) is 37.2 Å². The van der Waals surface area contributed by atoms with E-state index in [0.717, 1.165) is 11.0 Å². The largest absolute Gasteiger partial charge is 0.573 e. The summed E-state index contributed by atoms with van der Waals surface area (Å²) in [4.78, 5) is 21.6. The second-order valence-corrected chi connectivity index (χ2v) is 6.77. The van der Waals surface area contributed by atoms with Crippen molar-refractivity contribution in [2.75, 3.05) is 13.1 Å². The molecule has 6 nitrogen and oxygen atoms in total. The van der Waals surface area contributed by atoms with Crippen LogP contribution in [0.25, 0.3) is 11.0 Å². The van der Waals surface area contributed by atoms with E-state index in [1.54, 1.807) is 35.5 Å². The normalized spacial score (nSPS) is 15.5. The molecule has 2 aromatic carbocycles. The number of aromatic amines is 1. The lowest BCUT2D eigenvalue weighted by molar-refractivity contribution is -0.274. The molecule has 0 atom stereocenters. The van der Waals surface area contributed by atoms with Gasteiger partial charge in [-0.15, -0.1) is 13.2 Å². The Morgan fingerprint density at radius 2 is 1.86 bits per heavy atom. The van der Waals surface area contributed by atoms with Crippen molar-refractivity contribution in [3.05, 3.63) is 54.4 Å². The molecule has 152 valence electrons. The predicted molar refractivity (Wildman–Crippen MR) is 98.8 cm³/mol. The van der Waals surface area contributed by atoms with Crippen molar-refractivity contribution in [1.82, 2.24) is 14.9 Å². The number of carbonyl (C=O) groups is 1. The van der Waals surface area contributed by atoms with E-state index in [2.05, 4.69) is 14.7 Å². The second-order valence-electron chi connectivity index (χ2n) is 6.77. The minimum atomic E-state index is -4.75. The van der Waals surface area contributed by atoms with Gasteiger partial charge >= 0.3 is 6.36 Å². The van der Waals surface area contributed by atoms with E-state index in [1.165, 1.54) is 18.2 Å². The van der Waals surface area contributed by atoms with Gasteiger partial charge in [0.05, 0.1) is 17.4 Å². The molecular weight excluding hydrogens is 387 g/mol. The van der Waals surface area contributed by atoms with Crippen LogP contribution in [0.2, 0.25) is 0 Å². The first-order chi connectivity index (χ1) is 13.9. The number of hydrogen-bond donors (Lipinski definition) is 1. The van der Waals surface area contributed by atoms with Crippen LogP contribution in [0.1, 0.15) is 23.2 Å². The molecular formula is C20H18F3N3O3. The Bertz CT molecular complexity index is 1010. The lowest BCUT2D eigenvalue weighted by Crippen LogP contribution is -2.41. The molecule has 1 aromatic heterocycles. The third kappa shape index (κ3) is 4.61. The van der Waals surface area contributed by atoms with E-state index in [9.17, 15) is 18.0 Å². The van der Waals surface area contributed by atoms with Gasteiger partial charge in [-0.05, 0) is 30.3 Å². The highest BCUT2D eigenvalue weighted by Crippen LogP contribution is 2.28. The van der Waals surface area contributed by atoms with E-state index in [-0.39, 0.29) is 17.8 Å². The van der Waals surface area contributed by atoms with Crippen molar-refractivity contribution >= 4 is 16.9 Å². The van der Waals surface area contributed by atoms with Gasteiger partial charge in [-0.1, -0.05) is 6.07 Å². The van der Waals surface area contributed by atoms with Gasteiger partial charge in [0.25, 0.3) is 5.91 Å². The minimum Gasteiger partial charge on any atom is -0.490 e. The zero-order valence-corrected chi connectivity index (χ0v) is 15.3. The molecule has 1 fully saturated rings. The van der Waals surface area contributed by atoms with Gasteiger partial charge in [0, 0.05) is 37.6 Å². The molecule has 1 N–H and O–H groups in total. The number of alkyl halides is 3. The van der Waals surface area contributed by atoms with Crippen molar-refractivity contribution in [2.45, 2.75) is 25.3 Å². The third-order valence-electron chi connectivity index (χ3n) is 4.74. The number of ether oxygens (including phenoxy) is 2. The number of hydrogen-bond acceptors (Lipinski definition) is 4. The summed E-state index contributed by atoms with van der Waals surface area (Å²) in [6.45, 7) is 1.01. The summed E-state index contributed by atoms with van der Waals surface area (Å²) in [6.07, 6.45) is -2.18. The van der Waals surface area contributed by atoms with Crippen molar-refractivity contribution in [3.63, 3.8) is 0 Å². The molecule has 0 bridgehead atoms. The number of nitrogens with one attached hydrogen (secondary N) is 1. The number of benzene rings is 2. The van der Waals surface area contributed by atoms with Crippen molar-refractivity contribution in [3.8, 4) is 11.5 Å². The van der Waals surface area contributed by atoms with E-state index >= 15 is 0 Å². The first-order valence-corrected chi connectivity index (χ1v) is 9.12. The van der Waals surface area contributed by atoms with Gasteiger partial charge in [-0.3, -0.25) is 4.79 Å². The molecule has 0 saturated carbocycles. The smallest absolute Gasteiger partial charge is 0.490 e. The first kappa shape index (κ1) is 19.1. The average Bonchev–Trinajstić information content (AvgIpc) is 3.15. The lowest BCUT2D eigenvalue weighted by Gasteiger charge is -2.32. The highest BCUT2D eigenvalue weighted by molar-refractivity contribution is 5.97. The van der Waals surface area contributed by atoms with Crippen molar-refractivity contribution in [2.24, 2.45) is 0 Å². The zero-order valence-electron chi connectivity index (χ0n) is 15.3. The summed E-state index contributed by atoms with van der Waals surface area (Å²) in [5.41, 5.74) is 2.18. The number of halogens is 3. The van der Waals surface area contributed by atoms with E-state index in [4.69, 9.17) is 4.74 Å². The van der Waals surface area contributed by atoms with Crippen LogP contribution in [-0.4, -0.2) is 46.3 Å². The van der Waals surface area contributed by atoms with Crippen LogP contribution in [0.3, 0.4) is 0 Å². The highest BCUT2D eigenvalue weighted by Gasteiger charge is 2.31. The number of carbonyl (C=O) groups excluding carboxylic acids is 1. The molecule has 2 heterocycles. The fraction of sp³-hybridized carbons (Fsp3) is 0.300. The van der Waals surface area contributed by atoms with Crippen LogP contribution in [-0.2, 0) is 0 Å². The molecule has 4 rings (SSSR count). The monoisotopic (exact) mass is 405 g/mol. The minimum absolute atomic E-state index is 0.0690. The molecule has 9 heteroatoms. The first-order valence-electron chi connectivity index (χ1n) is 9.12. The molecule has 1 amide bonds. The molecule has 3 aromatic rings. The number of piperidine rings is 1. The summed E-state index contributed by atoms with van der Waals surface area (Å²) in [6, 6.07) is 10.8. The van der Waals surface area contributed by atoms with Gasteiger partial charge in [-0.25, -0.2) is 4.98 Å². The van der Waals surface area contributed by atoms with Gasteiger partial charge < -0.3 is 19.4 Å². The maximum absolute atomic E-state index is 12.7. The molecule has 1 saturated heterocycles. The fourth-order valence-corrected chi connectivity index (χ4v) is 3.37. The third-order valence-corrected chi connectivity index (χ3v) is 4.74. The van der Waals surface area contributed by atoms with Crippen LogP contribution in [0.5, 0.6) is 11.5 Å². The number of likely N-dealkylation sites (tertiary alicyclic amines) is 1. The number of amides is 1. The van der Waals surface area contributed by atoms with Crippen molar-refractivity contribution < 1.29 is 27.4 Å². The average molecular weight is 405 g/mol. The maximum atomic E-state index is 12.7. The van der Waals surface area contributed by atoms with E-state index < -0.39 is 6.36 Å². The maximum Gasteiger partial charge on any atom is 0.573 e. The van der Waals surface area contributed by atoms with Crippen LogP contribution in [0.15, 0.2) is 48.8 Å². The Hall–Kier alpha value is -3.23. The Labute approximate surface area is 164 Å². The standard InChI is InChI=1S/C20H18F3N3O3/c21-20(22,23)29-16-3-1-2-15(11-16)28-14-6-8-26(9-7-14)19(27)13-4-5-17-18(10-13)25-12-24-17/h1-5,10-12,14H,6-9H2,(H,24,25). The summed E-state index contributed by atoms with van der Waals surface area (Å²) >= 11 is 0. The van der Waals surface area contributed by atoms with Crippen LogP contribution >= 0.6 is 0 Å². The number of aromatic nitrogens is 2. The van der Waals surface area contributed by atoms with Crippen LogP contribution in [0.4, 0.5) is 13.2 Å². The number of rotatable bonds is 4. The Morgan fingerprint density at radius 1 is 1.10 bits per heavy atom. The molecule has 29 heavy (non-hydrogen) atoms. The summed E-state index contributed by atoms with van der Waals surface area (Å²) in [5.74, 6) is -0.0847. The van der Waals surface area contributed by atoms with Gasteiger partial charge in [0.1, 0.15) is 17.6 Å². The number of imidazole rings is 1. The zero-order chi connectivity index (χ0) is 20.4. The highest BCUT2D eigenvalue weighted by atomic mass is 19.4. The van der Waals surface area contributed by atoms with E-state index in [1.807, 2.05) is 0 Å². The molecule has 0 radical (unpaired) electrons. The number of fused-ring (bicyclic) bond motifs is 1. The molecule has 1 aliphatic heterocycles. The van der Waals surface area contributed by atoms with Crippen molar-refractivity contribution in [1.29, 1.82) is 0 Å². The van der Waals surface area contributed by atoms with Crippen LogP contribution < -0.4 is 9.47 Å². The lowest BCUT2D eigenvalue weighted by atomic mass is 10.1. The topological polar surface area (TPSA) is 67.5 Å². The Kier molecular flexibility index (Phi) is 5.04. The molecule has 0 unspecified atom stereocenters. The SMILES string of the molecule is O=C(c1ccc2nc[nH]c2c1)N1CCC(Oc2cccc(OC(F)(F)F)c2)CC1. The second kappa shape index (κ2) is 7.65. The Balaban J connectivity index is 1.34. The van der Waals surface area contributed by atoms with Gasteiger partial charge in [0.15, 0.2) is 0 Å². The Morgan fingerprint density at radius 3 is 2.62 bits per heavy atom.